The molecule has 1 aliphatic rings. The van der Waals surface area contributed by atoms with Crippen LogP contribution in [0.25, 0.3) is 11.0 Å². The molecule has 1 aliphatic carbocycles. The molecule has 2 unspecified atom stereocenters. The van der Waals surface area contributed by atoms with Crippen LogP contribution in [0, 0.1) is 12.8 Å². The van der Waals surface area contributed by atoms with Gasteiger partial charge in [0.1, 0.15) is 5.58 Å². The van der Waals surface area contributed by atoms with Gasteiger partial charge in [-0.3, -0.25) is 9.59 Å². The maximum absolute atomic E-state index is 12.0. The molecule has 5 nitrogen and oxygen atoms in total. The van der Waals surface area contributed by atoms with E-state index in [9.17, 15) is 9.59 Å². The second-order valence-electron chi connectivity index (χ2n) is 7.03. The summed E-state index contributed by atoms with van der Waals surface area (Å²) < 4.78 is 10.6. The Hall–Kier alpha value is -2.30. The lowest BCUT2D eigenvalue weighted by Gasteiger charge is -2.29. The third kappa shape index (κ3) is 4.41. The van der Waals surface area contributed by atoms with E-state index in [1.165, 1.54) is 6.42 Å². The van der Waals surface area contributed by atoms with Gasteiger partial charge in [0, 0.05) is 17.0 Å². The molecular formula is C20H25NO4. The van der Waals surface area contributed by atoms with Gasteiger partial charge >= 0.3 is 5.97 Å². The van der Waals surface area contributed by atoms with Gasteiger partial charge < -0.3 is 14.5 Å². The molecule has 1 saturated carbocycles. The number of fused-ring (bicyclic) bond motifs is 1. The average Bonchev–Trinajstić information content (AvgIpc) is 2.97. The number of aryl methyl sites for hydroxylation is 1. The minimum atomic E-state index is -0.421. The van der Waals surface area contributed by atoms with Crippen molar-refractivity contribution in [3.8, 4) is 0 Å². The lowest BCUT2D eigenvalue weighted by molar-refractivity contribution is -0.148. The first-order valence-corrected chi connectivity index (χ1v) is 8.94. The minimum absolute atomic E-state index is 0.100. The van der Waals surface area contributed by atoms with Gasteiger partial charge in [-0.15, -0.1) is 0 Å². The van der Waals surface area contributed by atoms with Crippen LogP contribution < -0.4 is 5.32 Å². The molecule has 0 saturated heterocycles. The fraction of sp³-hybridized carbons (Fsp3) is 0.500. The summed E-state index contributed by atoms with van der Waals surface area (Å²) in [5.74, 6) is -0.163. The van der Waals surface area contributed by atoms with E-state index >= 15 is 0 Å². The summed E-state index contributed by atoms with van der Waals surface area (Å²) in [4.78, 5) is 24.0. The van der Waals surface area contributed by atoms with Crippen molar-refractivity contribution in [2.24, 2.45) is 5.92 Å². The Morgan fingerprint density at radius 2 is 2.08 bits per heavy atom. The molecule has 1 N–H and O–H groups in total. The van der Waals surface area contributed by atoms with E-state index in [-0.39, 0.29) is 25.0 Å². The van der Waals surface area contributed by atoms with Crippen LogP contribution in [0.5, 0.6) is 0 Å². The maximum atomic E-state index is 12.0. The topological polar surface area (TPSA) is 68.5 Å². The second kappa shape index (κ2) is 7.72. The van der Waals surface area contributed by atoms with E-state index in [4.69, 9.17) is 9.15 Å². The van der Waals surface area contributed by atoms with E-state index in [0.29, 0.717) is 5.92 Å². The van der Waals surface area contributed by atoms with Crippen molar-refractivity contribution in [1.29, 1.82) is 0 Å². The highest BCUT2D eigenvalue weighted by molar-refractivity contribution is 5.87. The molecule has 0 spiro atoms. The number of amides is 1. The Morgan fingerprint density at radius 1 is 1.28 bits per heavy atom. The van der Waals surface area contributed by atoms with Crippen molar-refractivity contribution in [1.82, 2.24) is 5.32 Å². The quantitative estimate of drug-likeness (QED) is 0.844. The Bertz CT molecular complexity index is 764. The highest BCUT2D eigenvalue weighted by Gasteiger charge is 2.23. The number of hydrogen-bond donors (Lipinski definition) is 1. The number of benzene rings is 1. The fourth-order valence-electron chi connectivity index (χ4n) is 3.46. The number of ether oxygens (including phenoxy) is 1. The number of hydrogen-bond acceptors (Lipinski definition) is 4. The van der Waals surface area contributed by atoms with E-state index < -0.39 is 5.97 Å². The number of nitrogens with one attached hydrogen (secondary N) is 1. The summed E-state index contributed by atoms with van der Waals surface area (Å²) in [5.41, 5.74) is 2.64. The van der Waals surface area contributed by atoms with E-state index in [1.807, 2.05) is 25.1 Å². The zero-order chi connectivity index (χ0) is 17.8. The molecule has 2 aromatic rings. The van der Waals surface area contributed by atoms with Gasteiger partial charge in [0.25, 0.3) is 5.91 Å². The normalized spacial score (nSPS) is 20.4. The molecule has 134 valence electrons. The third-order valence-electron chi connectivity index (χ3n) is 4.97. The predicted molar refractivity (Wildman–Crippen MR) is 95.2 cm³/mol. The highest BCUT2D eigenvalue weighted by atomic mass is 16.5. The van der Waals surface area contributed by atoms with Crippen LogP contribution >= 0.6 is 0 Å². The smallest absolute Gasteiger partial charge is 0.310 e. The molecule has 1 amide bonds. The van der Waals surface area contributed by atoms with E-state index in [2.05, 4.69) is 12.2 Å². The SMILES string of the molecule is Cc1ccc2c(CC(=O)OCC(=O)NC3CCCCC3C)coc2c1. The first-order chi connectivity index (χ1) is 12.0. The van der Waals surface area contributed by atoms with Crippen molar-refractivity contribution in [2.75, 3.05) is 6.61 Å². The van der Waals surface area contributed by atoms with Gasteiger partial charge in [-0.05, 0) is 37.3 Å². The van der Waals surface area contributed by atoms with Crippen LogP contribution in [0.3, 0.4) is 0 Å². The Kier molecular flexibility index (Phi) is 5.41. The fourth-order valence-corrected chi connectivity index (χ4v) is 3.46. The van der Waals surface area contributed by atoms with E-state index in [1.54, 1.807) is 6.26 Å². The highest BCUT2D eigenvalue weighted by Crippen LogP contribution is 2.24. The number of furan rings is 1. The van der Waals surface area contributed by atoms with Crippen LogP contribution in [0.4, 0.5) is 0 Å². The summed E-state index contributed by atoms with van der Waals surface area (Å²) in [5, 5.41) is 3.89. The first kappa shape index (κ1) is 17.5. The van der Waals surface area contributed by atoms with Gasteiger partial charge in [0.15, 0.2) is 6.61 Å². The van der Waals surface area contributed by atoms with Gasteiger partial charge in [0.2, 0.25) is 0 Å². The molecule has 25 heavy (non-hydrogen) atoms. The van der Waals surface area contributed by atoms with Gasteiger partial charge in [-0.1, -0.05) is 31.9 Å². The molecule has 3 rings (SSSR count). The molecule has 5 heteroatoms. The number of carbonyl (C=O) groups excluding carboxylic acids is 2. The van der Waals surface area contributed by atoms with Crippen LogP contribution in [-0.4, -0.2) is 24.5 Å². The van der Waals surface area contributed by atoms with E-state index in [0.717, 1.165) is 41.4 Å². The van der Waals surface area contributed by atoms with Gasteiger partial charge in [0.05, 0.1) is 12.7 Å². The minimum Gasteiger partial charge on any atom is -0.464 e. The van der Waals surface area contributed by atoms with Crippen molar-refractivity contribution in [2.45, 2.75) is 52.0 Å². The van der Waals surface area contributed by atoms with Crippen LogP contribution in [0.2, 0.25) is 0 Å². The zero-order valence-electron chi connectivity index (χ0n) is 14.8. The monoisotopic (exact) mass is 343 g/mol. The average molecular weight is 343 g/mol. The van der Waals surface area contributed by atoms with Crippen molar-refractivity contribution >= 4 is 22.8 Å². The number of esters is 1. The van der Waals surface area contributed by atoms with Crippen molar-refractivity contribution in [3.63, 3.8) is 0 Å². The Morgan fingerprint density at radius 3 is 2.88 bits per heavy atom. The third-order valence-corrected chi connectivity index (χ3v) is 4.97. The summed E-state index contributed by atoms with van der Waals surface area (Å²) in [6.07, 6.45) is 6.18. The molecule has 1 fully saturated rings. The van der Waals surface area contributed by atoms with Gasteiger partial charge in [-0.2, -0.15) is 0 Å². The molecule has 1 aromatic heterocycles. The molecule has 0 aliphatic heterocycles. The van der Waals surface area contributed by atoms with Crippen LogP contribution in [0.1, 0.15) is 43.7 Å². The largest absolute Gasteiger partial charge is 0.464 e. The molecule has 1 heterocycles. The molecular weight excluding hydrogens is 318 g/mol. The molecule has 0 bridgehead atoms. The van der Waals surface area contributed by atoms with Crippen molar-refractivity contribution < 1.29 is 18.7 Å². The summed E-state index contributed by atoms with van der Waals surface area (Å²) >= 11 is 0. The lowest BCUT2D eigenvalue weighted by Crippen LogP contribution is -2.42. The molecule has 0 radical (unpaired) electrons. The summed E-state index contributed by atoms with van der Waals surface area (Å²) in [6.45, 7) is 3.92. The summed E-state index contributed by atoms with van der Waals surface area (Å²) in [6, 6.07) is 6.04. The maximum Gasteiger partial charge on any atom is 0.310 e. The Balaban J connectivity index is 1.49. The lowest BCUT2D eigenvalue weighted by atomic mass is 9.86. The number of carbonyl (C=O) groups is 2. The number of rotatable bonds is 5. The predicted octanol–water partition coefficient (Wildman–Crippen LogP) is 3.52. The first-order valence-electron chi connectivity index (χ1n) is 8.94. The summed E-state index contributed by atoms with van der Waals surface area (Å²) in [7, 11) is 0. The zero-order valence-corrected chi connectivity index (χ0v) is 14.8. The van der Waals surface area contributed by atoms with Crippen LogP contribution in [0.15, 0.2) is 28.9 Å². The molecule has 1 aromatic carbocycles. The molecule has 2 atom stereocenters. The Labute approximate surface area is 147 Å². The van der Waals surface area contributed by atoms with Gasteiger partial charge in [-0.25, -0.2) is 0 Å². The van der Waals surface area contributed by atoms with Crippen molar-refractivity contribution in [3.05, 3.63) is 35.6 Å². The van der Waals surface area contributed by atoms with Crippen LogP contribution in [-0.2, 0) is 20.7 Å². The standard InChI is InChI=1S/C20H25NO4/c1-13-7-8-16-15(11-24-18(16)9-13)10-20(23)25-12-19(22)21-17-6-4-3-5-14(17)2/h7-9,11,14,17H,3-6,10,12H2,1-2H3,(H,21,22). The second-order valence-corrected chi connectivity index (χ2v) is 7.03.